The number of nitrogens with one attached hydrogen (secondary N) is 1. The maximum absolute atomic E-state index is 14.1. The number of anilines is 2. The molecule has 2 aliphatic heterocycles. The average molecular weight is 520 g/mol. The molecule has 0 saturated heterocycles. The Morgan fingerprint density at radius 2 is 1.78 bits per heavy atom. The van der Waals surface area contributed by atoms with E-state index in [9.17, 15) is 14.4 Å². The van der Waals surface area contributed by atoms with E-state index in [0.29, 0.717) is 28.4 Å². The molecule has 0 aromatic heterocycles. The van der Waals surface area contributed by atoms with E-state index >= 15 is 0 Å². The van der Waals surface area contributed by atoms with Gasteiger partial charge in [-0.15, -0.1) is 0 Å². The second-order valence-corrected chi connectivity index (χ2v) is 11.3. The van der Waals surface area contributed by atoms with E-state index in [1.807, 2.05) is 45.9 Å². The number of fused-ring (bicyclic) bond motifs is 3. The van der Waals surface area contributed by atoms with Crippen LogP contribution in [0.3, 0.4) is 0 Å². The molecule has 7 nitrogen and oxygen atoms in total. The highest BCUT2D eigenvalue weighted by atomic mass is 35.5. The Morgan fingerprint density at radius 3 is 2.43 bits per heavy atom. The SMILES string of the molecule is CCOC(=O)C1=C(N)N(c2cc(C)cc(C)c2)C2=C(C(=O)CC(C)(C)C2)C12C(=O)Nc1ccc(Cl)cc12. The second-order valence-electron chi connectivity index (χ2n) is 10.8. The highest BCUT2D eigenvalue weighted by Gasteiger charge is 2.63. The molecule has 192 valence electrons. The van der Waals surface area contributed by atoms with Crippen LogP contribution in [0, 0.1) is 19.3 Å². The summed E-state index contributed by atoms with van der Waals surface area (Å²) >= 11 is 6.40. The van der Waals surface area contributed by atoms with E-state index in [1.165, 1.54) is 0 Å². The van der Waals surface area contributed by atoms with Crippen molar-refractivity contribution < 1.29 is 19.1 Å². The topological polar surface area (TPSA) is 102 Å². The Morgan fingerprint density at radius 1 is 1.11 bits per heavy atom. The zero-order chi connectivity index (χ0) is 26.9. The quantitative estimate of drug-likeness (QED) is 0.551. The van der Waals surface area contributed by atoms with Crippen LogP contribution in [0.1, 0.15) is 50.3 Å². The number of benzene rings is 2. The molecule has 2 aromatic carbocycles. The predicted octanol–water partition coefficient (Wildman–Crippen LogP) is 5.04. The van der Waals surface area contributed by atoms with Crippen molar-refractivity contribution in [2.24, 2.45) is 11.1 Å². The van der Waals surface area contributed by atoms with Crippen LogP contribution in [0.2, 0.25) is 5.02 Å². The third kappa shape index (κ3) is 3.67. The van der Waals surface area contributed by atoms with Gasteiger partial charge in [0.25, 0.3) is 0 Å². The van der Waals surface area contributed by atoms with E-state index in [1.54, 1.807) is 30.0 Å². The number of Topliss-reactive ketones (excluding diaryl/α,β-unsaturated/α-hetero) is 1. The fourth-order valence-corrected chi connectivity index (χ4v) is 6.26. The van der Waals surface area contributed by atoms with Crippen molar-refractivity contribution in [1.82, 2.24) is 0 Å². The summed E-state index contributed by atoms with van der Waals surface area (Å²) in [6.07, 6.45) is 0.691. The Balaban J connectivity index is 1.94. The Bertz CT molecular complexity index is 1430. The molecule has 2 aromatic rings. The average Bonchev–Trinajstić information content (AvgIpc) is 3.03. The number of carbonyl (C=O) groups is 3. The van der Waals surface area contributed by atoms with Gasteiger partial charge >= 0.3 is 5.97 Å². The second kappa shape index (κ2) is 8.48. The molecule has 1 spiro atoms. The van der Waals surface area contributed by atoms with Crippen molar-refractivity contribution >= 4 is 40.6 Å². The first-order valence-electron chi connectivity index (χ1n) is 12.3. The summed E-state index contributed by atoms with van der Waals surface area (Å²) in [4.78, 5) is 43.6. The number of allylic oxidation sites excluding steroid dienone is 1. The lowest BCUT2D eigenvalue weighted by molar-refractivity contribution is -0.140. The summed E-state index contributed by atoms with van der Waals surface area (Å²) in [5.41, 5.74) is 9.15. The molecule has 0 bridgehead atoms. The lowest BCUT2D eigenvalue weighted by atomic mass is 9.60. The van der Waals surface area contributed by atoms with Crippen LogP contribution in [-0.2, 0) is 24.5 Å². The van der Waals surface area contributed by atoms with Gasteiger partial charge in [-0.25, -0.2) is 4.79 Å². The molecule has 0 saturated carbocycles. The number of carbonyl (C=O) groups excluding carboxylic acids is 3. The van der Waals surface area contributed by atoms with Crippen LogP contribution in [0.4, 0.5) is 11.4 Å². The fraction of sp³-hybridized carbons (Fsp3) is 0.345. The summed E-state index contributed by atoms with van der Waals surface area (Å²) in [5, 5.41) is 3.25. The number of esters is 1. The molecule has 5 rings (SSSR count). The first-order valence-corrected chi connectivity index (χ1v) is 12.7. The summed E-state index contributed by atoms with van der Waals surface area (Å²) in [6.45, 7) is 9.74. The summed E-state index contributed by atoms with van der Waals surface area (Å²) in [5.74, 6) is -1.41. The standard InChI is InChI=1S/C29H30ClN3O4/c1-6-37-26(35)24-25(31)33(18-10-15(2)9-16(3)11-18)21-13-28(4,5)14-22(34)23(21)29(24)19-12-17(30)7-8-20(19)32-27(29)36/h7-12H,6,13-14,31H2,1-5H3,(H,32,36). The zero-order valence-electron chi connectivity index (χ0n) is 21.6. The largest absolute Gasteiger partial charge is 0.462 e. The van der Waals surface area contributed by atoms with Crippen molar-refractivity contribution in [3.8, 4) is 0 Å². The normalized spacial score (nSPS) is 22.3. The van der Waals surface area contributed by atoms with Gasteiger partial charge in [0, 0.05) is 39.7 Å². The van der Waals surface area contributed by atoms with Gasteiger partial charge in [0.05, 0.1) is 6.61 Å². The molecule has 8 heteroatoms. The van der Waals surface area contributed by atoms with Crippen molar-refractivity contribution in [3.63, 3.8) is 0 Å². The number of halogens is 1. The van der Waals surface area contributed by atoms with Gasteiger partial charge in [-0.2, -0.15) is 0 Å². The number of ether oxygens (including phenoxy) is 1. The van der Waals surface area contributed by atoms with E-state index < -0.39 is 17.3 Å². The first kappa shape index (κ1) is 25.1. The number of aryl methyl sites for hydroxylation is 2. The minimum absolute atomic E-state index is 0.0654. The first-order chi connectivity index (χ1) is 17.4. The smallest absolute Gasteiger partial charge is 0.339 e. The van der Waals surface area contributed by atoms with E-state index in [-0.39, 0.29) is 41.2 Å². The lowest BCUT2D eigenvalue weighted by Gasteiger charge is -2.47. The number of ketones is 1. The van der Waals surface area contributed by atoms with Gasteiger partial charge in [-0.1, -0.05) is 31.5 Å². The van der Waals surface area contributed by atoms with Crippen LogP contribution in [0.25, 0.3) is 0 Å². The predicted molar refractivity (Wildman–Crippen MR) is 143 cm³/mol. The van der Waals surface area contributed by atoms with Gasteiger partial charge in [0.1, 0.15) is 16.8 Å². The molecule has 1 unspecified atom stereocenters. The molecule has 37 heavy (non-hydrogen) atoms. The van der Waals surface area contributed by atoms with Gasteiger partial charge in [0.2, 0.25) is 5.91 Å². The van der Waals surface area contributed by atoms with Crippen molar-refractivity contribution in [3.05, 3.63) is 80.8 Å². The van der Waals surface area contributed by atoms with E-state index in [4.69, 9.17) is 22.1 Å². The van der Waals surface area contributed by atoms with Gasteiger partial charge in [-0.05, 0) is 74.1 Å². The van der Waals surface area contributed by atoms with E-state index in [2.05, 4.69) is 5.32 Å². The minimum Gasteiger partial charge on any atom is -0.462 e. The van der Waals surface area contributed by atoms with Crippen LogP contribution < -0.4 is 16.0 Å². The number of nitrogens with zero attached hydrogens (tertiary/aromatic N) is 1. The molecular weight excluding hydrogens is 490 g/mol. The number of hydrogen-bond donors (Lipinski definition) is 2. The van der Waals surface area contributed by atoms with Crippen LogP contribution in [-0.4, -0.2) is 24.3 Å². The third-order valence-electron chi connectivity index (χ3n) is 7.29. The summed E-state index contributed by atoms with van der Waals surface area (Å²) in [7, 11) is 0. The summed E-state index contributed by atoms with van der Waals surface area (Å²) < 4.78 is 5.47. The molecule has 0 radical (unpaired) electrons. The van der Waals surface area contributed by atoms with E-state index in [0.717, 1.165) is 16.8 Å². The molecule has 3 aliphatic rings. The number of nitrogens with two attached hydrogens (primary N) is 1. The summed E-state index contributed by atoms with van der Waals surface area (Å²) in [6, 6.07) is 10.9. The highest BCUT2D eigenvalue weighted by molar-refractivity contribution is 6.31. The minimum atomic E-state index is -1.77. The third-order valence-corrected chi connectivity index (χ3v) is 7.52. The molecule has 1 amide bonds. The molecule has 0 fully saturated rings. The van der Waals surface area contributed by atoms with Crippen molar-refractivity contribution in [2.75, 3.05) is 16.8 Å². The number of rotatable bonds is 3. The monoisotopic (exact) mass is 519 g/mol. The number of amides is 1. The number of hydrogen-bond acceptors (Lipinski definition) is 6. The molecule has 2 heterocycles. The van der Waals surface area contributed by atoms with Crippen LogP contribution >= 0.6 is 11.6 Å². The van der Waals surface area contributed by atoms with Gasteiger partial charge < -0.3 is 15.8 Å². The van der Waals surface area contributed by atoms with Crippen LogP contribution in [0.15, 0.2) is 59.1 Å². The van der Waals surface area contributed by atoms with Crippen molar-refractivity contribution in [2.45, 2.75) is 52.9 Å². The lowest BCUT2D eigenvalue weighted by Crippen LogP contribution is -2.54. The molecular formula is C29H30ClN3O4. The Hall–Kier alpha value is -3.58. The van der Waals surface area contributed by atoms with Crippen LogP contribution in [0.5, 0.6) is 0 Å². The highest BCUT2D eigenvalue weighted by Crippen LogP contribution is 2.57. The van der Waals surface area contributed by atoms with Gasteiger partial charge in [0.15, 0.2) is 5.78 Å². The van der Waals surface area contributed by atoms with Gasteiger partial charge in [-0.3, -0.25) is 14.5 Å². The molecule has 3 N–H and O–H groups in total. The zero-order valence-corrected chi connectivity index (χ0v) is 22.4. The Labute approximate surface area is 221 Å². The maximum atomic E-state index is 14.1. The molecule has 1 atom stereocenters. The fourth-order valence-electron chi connectivity index (χ4n) is 6.08. The molecule has 1 aliphatic carbocycles. The maximum Gasteiger partial charge on any atom is 0.339 e. The van der Waals surface area contributed by atoms with Crippen molar-refractivity contribution in [1.29, 1.82) is 0 Å². The Kier molecular flexibility index (Phi) is 5.75.